The summed E-state index contributed by atoms with van der Waals surface area (Å²) < 4.78 is 1.01. The fourth-order valence-electron chi connectivity index (χ4n) is 1.83. The van der Waals surface area contributed by atoms with E-state index in [4.69, 9.17) is 0 Å². The van der Waals surface area contributed by atoms with Crippen molar-refractivity contribution >= 4 is 40.2 Å². The van der Waals surface area contributed by atoms with E-state index in [-0.39, 0.29) is 5.91 Å². The maximum absolute atomic E-state index is 12.2. The second-order valence-electron chi connectivity index (χ2n) is 4.13. The summed E-state index contributed by atoms with van der Waals surface area (Å²) in [5.41, 5.74) is 2.52. The molecule has 1 amide bonds. The number of halogens is 1. The molecule has 0 aliphatic rings. The van der Waals surface area contributed by atoms with Crippen LogP contribution in [0.4, 0.5) is 5.69 Å². The number of carbonyl (C=O) groups is 1. The van der Waals surface area contributed by atoms with Crippen molar-refractivity contribution in [2.75, 3.05) is 5.32 Å². The van der Waals surface area contributed by atoms with Gasteiger partial charge in [-0.25, -0.2) is 0 Å². The first-order chi connectivity index (χ1) is 9.11. The molecule has 0 bridgehead atoms. The first-order valence-electron chi connectivity index (χ1n) is 5.99. The molecule has 98 valence electrons. The van der Waals surface area contributed by atoms with Gasteiger partial charge in [-0.15, -0.1) is 12.6 Å². The smallest absolute Gasteiger partial charge is 0.256 e. The lowest BCUT2D eigenvalue weighted by Gasteiger charge is -2.11. The summed E-state index contributed by atoms with van der Waals surface area (Å²) >= 11 is 7.74. The van der Waals surface area contributed by atoms with E-state index in [0.29, 0.717) is 10.5 Å². The van der Waals surface area contributed by atoms with Crippen molar-refractivity contribution in [3.63, 3.8) is 0 Å². The number of thiol groups is 1. The normalized spacial score (nSPS) is 10.3. The van der Waals surface area contributed by atoms with Gasteiger partial charge in [0.2, 0.25) is 0 Å². The fourth-order valence-corrected chi connectivity index (χ4v) is 2.50. The molecule has 2 aromatic rings. The number of hydrogen-bond donors (Lipinski definition) is 2. The van der Waals surface area contributed by atoms with Crippen LogP contribution in [0.3, 0.4) is 0 Å². The summed E-state index contributed by atoms with van der Waals surface area (Å²) in [5, 5.41) is 2.94. The summed E-state index contributed by atoms with van der Waals surface area (Å²) in [5.74, 6) is -0.136. The molecule has 2 nitrogen and oxygen atoms in total. The minimum atomic E-state index is -0.136. The summed E-state index contributed by atoms with van der Waals surface area (Å²) in [4.78, 5) is 12.9. The molecule has 0 aromatic heterocycles. The summed E-state index contributed by atoms with van der Waals surface area (Å²) in [6.45, 7) is 2.06. The summed E-state index contributed by atoms with van der Waals surface area (Å²) in [7, 11) is 0. The van der Waals surface area contributed by atoms with Crippen LogP contribution < -0.4 is 5.32 Å². The van der Waals surface area contributed by atoms with E-state index in [1.54, 1.807) is 12.1 Å². The quantitative estimate of drug-likeness (QED) is 0.791. The Balaban J connectivity index is 2.27. The standard InChI is InChI=1S/C15H14BrNOS/c1-2-10-9-11(16)7-8-13(10)17-15(18)12-5-3-4-6-14(12)19/h3-9,19H,2H2,1H3,(H,17,18). The Morgan fingerprint density at radius 1 is 1.26 bits per heavy atom. The van der Waals surface area contributed by atoms with E-state index in [1.807, 2.05) is 30.3 Å². The Hall–Kier alpha value is -1.26. The van der Waals surface area contributed by atoms with Gasteiger partial charge in [0.05, 0.1) is 5.56 Å². The van der Waals surface area contributed by atoms with Gasteiger partial charge in [-0.1, -0.05) is 35.0 Å². The lowest BCUT2D eigenvalue weighted by atomic mass is 10.1. The molecule has 0 radical (unpaired) electrons. The Morgan fingerprint density at radius 2 is 2.00 bits per heavy atom. The average molecular weight is 336 g/mol. The molecule has 0 saturated carbocycles. The largest absolute Gasteiger partial charge is 0.322 e. The number of benzene rings is 2. The van der Waals surface area contributed by atoms with Crippen LogP contribution in [0, 0.1) is 0 Å². The van der Waals surface area contributed by atoms with Crippen LogP contribution in [0.1, 0.15) is 22.8 Å². The predicted molar refractivity (Wildman–Crippen MR) is 85.2 cm³/mol. The molecular weight excluding hydrogens is 322 g/mol. The van der Waals surface area contributed by atoms with Crippen molar-refractivity contribution in [3.8, 4) is 0 Å². The highest BCUT2D eigenvalue weighted by Crippen LogP contribution is 2.23. The molecule has 19 heavy (non-hydrogen) atoms. The van der Waals surface area contributed by atoms with Crippen LogP contribution in [-0.4, -0.2) is 5.91 Å². The van der Waals surface area contributed by atoms with E-state index in [0.717, 1.165) is 22.1 Å². The topological polar surface area (TPSA) is 29.1 Å². The van der Waals surface area contributed by atoms with Crippen LogP contribution in [0.15, 0.2) is 51.8 Å². The summed E-state index contributed by atoms with van der Waals surface area (Å²) in [6.07, 6.45) is 0.859. The van der Waals surface area contributed by atoms with Gasteiger partial charge in [0.15, 0.2) is 0 Å². The van der Waals surface area contributed by atoms with Crippen LogP contribution in [-0.2, 0) is 6.42 Å². The molecule has 0 heterocycles. The SMILES string of the molecule is CCc1cc(Br)ccc1NC(=O)c1ccccc1S. The second kappa shape index (κ2) is 6.26. The zero-order valence-corrected chi connectivity index (χ0v) is 13.0. The van der Waals surface area contributed by atoms with Crippen LogP contribution >= 0.6 is 28.6 Å². The second-order valence-corrected chi connectivity index (χ2v) is 5.52. The van der Waals surface area contributed by atoms with Gasteiger partial charge in [0.25, 0.3) is 5.91 Å². The molecule has 4 heteroatoms. The molecule has 2 rings (SSSR count). The van der Waals surface area contributed by atoms with Gasteiger partial charge >= 0.3 is 0 Å². The van der Waals surface area contributed by atoms with Crippen LogP contribution in [0.25, 0.3) is 0 Å². The van der Waals surface area contributed by atoms with Crippen molar-refractivity contribution in [1.29, 1.82) is 0 Å². The van der Waals surface area contributed by atoms with Crippen LogP contribution in [0.5, 0.6) is 0 Å². The molecule has 2 aromatic carbocycles. The lowest BCUT2D eigenvalue weighted by Crippen LogP contribution is -2.13. The molecule has 0 spiro atoms. The Kier molecular flexibility index (Phi) is 4.66. The maximum atomic E-state index is 12.2. The first kappa shape index (κ1) is 14.2. The van der Waals surface area contributed by atoms with Crippen molar-refractivity contribution in [3.05, 3.63) is 58.1 Å². The number of anilines is 1. The maximum Gasteiger partial charge on any atom is 0.256 e. The Labute approximate surface area is 126 Å². The van der Waals surface area contributed by atoms with Gasteiger partial charge in [-0.3, -0.25) is 4.79 Å². The van der Waals surface area contributed by atoms with E-state index in [1.165, 1.54) is 0 Å². The number of hydrogen-bond acceptors (Lipinski definition) is 2. The molecular formula is C15H14BrNOS. The van der Waals surface area contributed by atoms with Crippen molar-refractivity contribution in [2.45, 2.75) is 18.2 Å². The van der Waals surface area contributed by atoms with Gasteiger partial charge in [0.1, 0.15) is 0 Å². The monoisotopic (exact) mass is 335 g/mol. The highest BCUT2D eigenvalue weighted by atomic mass is 79.9. The third-order valence-electron chi connectivity index (χ3n) is 2.85. The van der Waals surface area contributed by atoms with Gasteiger partial charge in [-0.05, 0) is 42.3 Å². The zero-order chi connectivity index (χ0) is 13.8. The predicted octanol–water partition coefficient (Wildman–Crippen LogP) is 4.55. The van der Waals surface area contributed by atoms with E-state index in [9.17, 15) is 4.79 Å². The fraction of sp³-hybridized carbons (Fsp3) is 0.133. The molecule has 1 N–H and O–H groups in total. The van der Waals surface area contributed by atoms with Crippen molar-refractivity contribution in [1.82, 2.24) is 0 Å². The summed E-state index contributed by atoms with van der Waals surface area (Å²) in [6, 6.07) is 13.1. The Bertz CT molecular complexity index is 613. The molecule has 0 aliphatic carbocycles. The lowest BCUT2D eigenvalue weighted by molar-refractivity contribution is 0.102. The highest BCUT2D eigenvalue weighted by Gasteiger charge is 2.11. The zero-order valence-electron chi connectivity index (χ0n) is 10.5. The van der Waals surface area contributed by atoms with Gasteiger partial charge < -0.3 is 5.32 Å². The van der Waals surface area contributed by atoms with E-state index >= 15 is 0 Å². The number of carbonyl (C=O) groups excluding carboxylic acids is 1. The average Bonchev–Trinajstić information content (AvgIpc) is 2.41. The minimum absolute atomic E-state index is 0.136. The number of aryl methyl sites for hydroxylation is 1. The number of nitrogens with one attached hydrogen (secondary N) is 1. The van der Waals surface area contributed by atoms with Gasteiger partial charge in [0, 0.05) is 15.1 Å². The highest BCUT2D eigenvalue weighted by molar-refractivity contribution is 9.10. The number of rotatable bonds is 3. The van der Waals surface area contributed by atoms with E-state index in [2.05, 4.69) is 40.8 Å². The van der Waals surface area contributed by atoms with Gasteiger partial charge in [-0.2, -0.15) is 0 Å². The van der Waals surface area contributed by atoms with Crippen molar-refractivity contribution < 1.29 is 4.79 Å². The van der Waals surface area contributed by atoms with E-state index < -0.39 is 0 Å². The molecule has 0 fully saturated rings. The molecule has 0 aliphatic heterocycles. The molecule has 0 unspecified atom stereocenters. The molecule has 0 atom stereocenters. The third kappa shape index (κ3) is 3.39. The van der Waals surface area contributed by atoms with Crippen LogP contribution in [0.2, 0.25) is 0 Å². The third-order valence-corrected chi connectivity index (χ3v) is 3.73. The minimum Gasteiger partial charge on any atom is -0.322 e. The number of amides is 1. The Morgan fingerprint density at radius 3 is 2.68 bits per heavy atom. The molecule has 0 saturated heterocycles. The first-order valence-corrected chi connectivity index (χ1v) is 7.23. The van der Waals surface area contributed by atoms with Crippen molar-refractivity contribution in [2.24, 2.45) is 0 Å².